The van der Waals surface area contributed by atoms with Crippen LogP contribution in [0.25, 0.3) is 0 Å². The molecule has 0 spiro atoms. The molecule has 1 aromatic carbocycles. The van der Waals surface area contributed by atoms with E-state index in [4.69, 9.17) is 4.74 Å². The van der Waals surface area contributed by atoms with Crippen LogP contribution < -0.4 is 10.6 Å². The molecule has 0 heterocycles. The second kappa shape index (κ2) is 12.4. The molecule has 37 heavy (non-hydrogen) atoms. The van der Waals surface area contributed by atoms with Crippen molar-refractivity contribution in [1.29, 1.82) is 0 Å². The van der Waals surface area contributed by atoms with Gasteiger partial charge in [0.05, 0.1) is 7.11 Å². The summed E-state index contributed by atoms with van der Waals surface area (Å²) in [6.45, 7) is 14.7. The van der Waals surface area contributed by atoms with Gasteiger partial charge >= 0.3 is 12.1 Å². The van der Waals surface area contributed by atoms with Crippen molar-refractivity contribution in [2.75, 3.05) is 13.7 Å². The Morgan fingerprint density at radius 3 is 2.14 bits per heavy atom. The average Bonchev–Trinajstić information content (AvgIpc) is 3.51. The summed E-state index contributed by atoms with van der Waals surface area (Å²) in [4.78, 5) is 53.9. The van der Waals surface area contributed by atoms with E-state index in [0.717, 1.165) is 17.5 Å². The zero-order chi connectivity index (χ0) is 28.1. The van der Waals surface area contributed by atoms with Crippen molar-refractivity contribution in [2.24, 2.45) is 11.8 Å². The van der Waals surface area contributed by atoms with Gasteiger partial charge in [0.2, 0.25) is 11.8 Å². The maximum absolute atomic E-state index is 14.2. The third kappa shape index (κ3) is 8.47. The van der Waals surface area contributed by atoms with Gasteiger partial charge in [-0.15, -0.1) is 0 Å². The van der Waals surface area contributed by atoms with Gasteiger partial charge in [-0.25, -0.2) is 4.79 Å². The fourth-order valence-electron chi connectivity index (χ4n) is 4.38. The third-order valence-electron chi connectivity index (χ3n) is 6.55. The molecule has 0 bridgehead atoms. The summed E-state index contributed by atoms with van der Waals surface area (Å²) in [7, 11) is 1.25. The molecular formula is C28H43N3O6. The Labute approximate surface area is 220 Å². The van der Waals surface area contributed by atoms with Crippen LogP contribution >= 0.6 is 0 Å². The van der Waals surface area contributed by atoms with Gasteiger partial charge in [0, 0.05) is 6.04 Å². The smallest absolute Gasteiger partial charge is 0.408 e. The molecule has 1 saturated carbocycles. The monoisotopic (exact) mass is 517 g/mol. The van der Waals surface area contributed by atoms with Crippen LogP contribution in [0, 0.1) is 25.7 Å². The number of nitrogens with zero attached hydrogens (tertiary/aromatic N) is 1. The highest BCUT2D eigenvalue weighted by Gasteiger charge is 2.49. The van der Waals surface area contributed by atoms with Gasteiger partial charge in [0.25, 0.3) is 0 Å². The Morgan fingerprint density at radius 2 is 1.68 bits per heavy atom. The van der Waals surface area contributed by atoms with Crippen molar-refractivity contribution in [2.45, 2.75) is 92.0 Å². The van der Waals surface area contributed by atoms with Crippen LogP contribution in [0.5, 0.6) is 0 Å². The van der Waals surface area contributed by atoms with E-state index in [1.165, 1.54) is 7.11 Å². The first kappa shape index (κ1) is 30.1. The average molecular weight is 518 g/mol. The van der Waals surface area contributed by atoms with Crippen molar-refractivity contribution < 1.29 is 28.7 Å². The lowest BCUT2D eigenvalue weighted by Crippen LogP contribution is -2.56. The summed E-state index contributed by atoms with van der Waals surface area (Å²) in [6.07, 6.45) is 0.674. The number of carbonyl (C=O) groups excluding carboxylic acids is 4. The molecule has 2 N–H and O–H groups in total. The summed E-state index contributed by atoms with van der Waals surface area (Å²) < 4.78 is 10.1. The molecule has 3 amide bonds. The van der Waals surface area contributed by atoms with Crippen LogP contribution in [0.4, 0.5) is 4.79 Å². The number of ether oxygens (including phenoxy) is 2. The second-order valence-corrected chi connectivity index (χ2v) is 11.2. The number of hydrogen-bond donors (Lipinski definition) is 2. The van der Waals surface area contributed by atoms with Crippen molar-refractivity contribution in [3.05, 3.63) is 34.9 Å². The first-order valence-corrected chi connectivity index (χ1v) is 12.9. The fourth-order valence-corrected chi connectivity index (χ4v) is 4.38. The first-order chi connectivity index (χ1) is 17.2. The van der Waals surface area contributed by atoms with Crippen LogP contribution in [-0.4, -0.2) is 60.1 Å². The minimum atomic E-state index is -0.988. The molecule has 0 aliphatic heterocycles. The highest BCUT2D eigenvalue weighted by molar-refractivity contribution is 5.93. The lowest BCUT2D eigenvalue weighted by atomic mass is 9.94. The SMILES string of the molecule is CCC(C)C(NC(=O)OC(C)(C)C)C(=O)N(C(C(=O)NCC(=O)OC)c1cc(C)cc(C)c1)C1CC1C. The van der Waals surface area contributed by atoms with Gasteiger partial charge in [-0.05, 0) is 58.4 Å². The van der Waals surface area contributed by atoms with Crippen LogP contribution in [0.15, 0.2) is 18.2 Å². The lowest BCUT2D eigenvalue weighted by Gasteiger charge is -2.36. The number of alkyl carbamates (subject to hydrolysis) is 1. The number of nitrogens with one attached hydrogen (secondary N) is 2. The number of esters is 1. The molecule has 1 aliphatic carbocycles. The normalized spacial score (nSPS) is 19.2. The predicted molar refractivity (Wildman–Crippen MR) is 141 cm³/mol. The molecule has 206 valence electrons. The van der Waals surface area contributed by atoms with Crippen LogP contribution in [0.2, 0.25) is 0 Å². The number of aryl methyl sites for hydroxylation is 2. The Hall–Kier alpha value is -3.10. The summed E-state index contributed by atoms with van der Waals surface area (Å²) in [6, 6.07) is 3.68. The molecule has 0 radical (unpaired) electrons. The Kier molecular flexibility index (Phi) is 10.1. The largest absolute Gasteiger partial charge is 0.468 e. The zero-order valence-corrected chi connectivity index (χ0v) is 23.6. The van der Waals surface area contributed by atoms with E-state index < -0.39 is 35.7 Å². The first-order valence-electron chi connectivity index (χ1n) is 12.9. The number of methoxy groups -OCH3 is 1. The minimum absolute atomic E-state index is 0.185. The Morgan fingerprint density at radius 1 is 1.11 bits per heavy atom. The molecule has 1 aromatic rings. The molecule has 9 heteroatoms. The molecule has 0 aromatic heterocycles. The molecule has 5 atom stereocenters. The third-order valence-corrected chi connectivity index (χ3v) is 6.55. The second-order valence-electron chi connectivity index (χ2n) is 11.2. The Balaban J connectivity index is 2.54. The van der Waals surface area contributed by atoms with Crippen molar-refractivity contribution in [1.82, 2.24) is 15.5 Å². The van der Waals surface area contributed by atoms with E-state index >= 15 is 0 Å². The number of carbonyl (C=O) groups is 4. The van der Waals surface area contributed by atoms with Gasteiger partial charge in [-0.2, -0.15) is 0 Å². The summed E-state index contributed by atoms with van der Waals surface area (Å²) in [5.74, 6) is -1.45. The van der Waals surface area contributed by atoms with Crippen molar-refractivity contribution >= 4 is 23.9 Å². The summed E-state index contributed by atoms with van der Waals surface area (Å²) in [5, 5.41) is 5.41. The predicted octanol–water partition coefficient (Wildman–Crippen LogP) is 3.81. The number of benzene rings is 1. The molecule has 0 saturated heterocycles. The van der Waals surface area contributed by atoms with Crippen LogP contribution in [0.1, 0.15) is 77.1 Å². The van der Waals surface area contributed by atoms with Crippen molar-refractivity contribution in [3.63, 3.8) is 0 Å². The van der Waals surface area contributed by atoms with E-state index in [1.54, 1.807) is 25.7 Å². The lowest BCUT2D eigenvalue weighted by molar-refractivity contribution is -0.146. The summed E-state index contributed by atoms with van der Waals surface area (Å²) in [5.41, 5.74) is 1.81. The van der Waals surface area contributed by atoms with Crippen LogP contribution in [0.3, 0.4) is 0 Å². The number of rotatable bonds is 10. The van der Waals surface area contributed by atoms with E-state index in [1.807, 2.05) is 52.8 Å². The molecular weight excluding hydrogens is 474 g/mol. The minimum Gasteiger partial charge on any atom is -0.468 e. The topological polar surface area (TPSA) is 114 Å². The van der Waals surface area contributed by atoms with Gasteiger partial charge in [0.1, 0.15) is 24.2 Å². The van der Waals surface area contributed by atoms with Gasteiger partial charge in [0.15, 0.2) is 0 Å². The standard InChI is InChI=1S/C28H43N3O6/c1-10-18(4)23(30-27(35)37-28(6,7)8)26(34)31(21-14-19(21)5)24(25(33)29-15-22(32)36-9)20-12-16(2)11-17(3)13-20/h11-13,18-19,21,23-24H,10,14-15H2,1-9H3,(H,29,33)(H,30,35). The highest BCUT2D eigenvalue weighted by Crippen LogP contribution is 2.41. The molecule has 2 rings (SSSR count). The van der Waals surface area contributed by atoms with Gasteiger partial charge in [-0.3, -0.25) is 14.4 Å². The van der Waals surface area contributed by atoms with E-state index in [2.05, 4.69) is 15.4 Å². The number of hydrogen-bond acceptors (Lipinski definition) is 6. The van der Waals surface area contributed by atoms with E-state index in [0.29, 0.717) is 12.0 Å². The maximum Gasteiger partial charge on any atom is 0.408 e. The molecule has 1 aliphatic rings. The Bertz CT molecular complexity index is 982. The van der Waals surface area contributed by atoms with Gasteiger partial charge < -0.3 is 25.0 Å². The fraction of sp³-hybridized carbons (Fsp3) is 0.643. The quantitative estimate of drug-likeness (QED) is 0.456. The van der Waals surface area contributed by atoms with Crippen molar-refractivity contribution in [3.8, 4) is 0 Å². The summed E-state index contributed by atoms with van der Waals surface area (Å²) >= 11 is 0. The highest BCUT2D eigenvalue weighted by atomic mass is 16.6. The van der Waals surface area contributed by atoms with Gasteiger partial charge in [-0.1, -0.05) is 56.5 Å². The maximum atomic E-state index is 14.2. The zero-order valence-electron chi connectivity index (χ0n) is 23.6. The van der Waals surface area contributed by atoms with E-state index in [9.17, 15) is 19.2 Å². The van der Waals surface area contributed by atoms with Crippen LogP contribution in [-0.2, 0) is 23.9 Å². The van der Waals surface area contributed by atoms with E-state index in [-0.39, 0.29) is 30.3 Å². The molecule has 1 fully saturated rings. The molecule has 9 nitrogen and oxygen atoms in total. The molecule has 5 unspecified atom stereocenters. The number of amides is 3.